The summed E-state index contributed by atoms with van der Waals surface area (Å²) >= 11 is 0. The van der Waals surface area contributed by atoms with Crippen LogP contribution in [0.3, 0.4) is 0 Å². The van der Waals surface area contributed by atoms with E-state index in [0.29, 0.717) is 12.1 Å². The van der Waals surface area contributed by atoms with Crippen molar-refractivity contribution in [2.75, 3.05) is 0 Å². The average molecular weight is 227 g/mol. The van der Waals surface area contributed by atoms with Crippen LogP contribution in [0.5, 0.6) is 0 Å². The van der Waals surface area contributed by atoms with E-state index >= 15 is 0 Å². The molecule has 1 aromatic carbocycles. The van der Waals surface area contributed by atoms with Crippen LogP contribution in [0, 0.1) is 0 Å². The Bertz CT molecular complexity index is 524. The molecular weight excluding hydrogens is 214 g/mol. The minimum atomic E-state index is -0.975. The maximum absolute atomic E-state index is 10.8. The summed E-state index contributed by atoms with van der Waals surface area (Å²) in [5.74, 6) is -0.975. The second-order valence-corrected chi connectivity index (χ2v) is 3.86. The van der Waals surface area contributed by atoms with E-state index < -0.39 is 5.97 Å². The van der Waals surface area contributed by atoms with Crippen LogP contribution in [0.15, 0.2) is 59.3 Å². The number of carboxylic acids is 1. The zero-order valence-electron chi connectivity index (χ0n) is 9.26. The number of benzene rings is 1. The highest BCUT2D eigenvalue weighted by atomic mass is 16.4. The van der Waals surface area contributed by atoms with Gasteiger partial charge in [0, 0.05) is 5.70 Å². The summed E-state index contributed by atoms with van der Waals surface area (Å²) in [6, 6.07) is 9.86. The first kappa shape index (κ1) is 11.2. The van der Waals surface area contributed by atoms with Gasteiger partial charge in [-0.3, -0.25) is 0 Å². The van der Waals surface area contributed by atoms with Gasteiger partial charge in [-0.25, -0.2) is 4.79 Å². The van der Waals surface area contributed by atoms with E-state index in [1.807, 2.05) is 36.4 Å². The van der Waals surface area contributed by atoms with Crippen LogP contribution in [0.2, 0.25) is 0 Å². The second-order valence-electron chi connectivity index (χ2n) is 3.86. The number of carboxylic acid groups (broad SMARTS) is 1. The molecule has 0 saturated heterocycles. The molecule has 0 bridgehead atoms. The van der Waals surface area contributed by atoms with E-state index in [-0.39, 0.29) is 5.57 Å². The lowest BCUT2D eigenvalue weighted by Gasteiger charge is -2.11. The van der Waals surface area contributed by atoms with Crippen LogP contribution < -0.4 is 5.73 Å². The van der Waals surface area contributed by atoms with E-state index in [1.54, 1.807) is 12.2 Å². The van der Waals surface area contributed by atoms with Gasteiger partial charge in [-0.2, -0.15) is 0 Å². The van der Waals surface area contributed by atoms with Gasteiger partial charge in [0.2, 0.25) is 0 Å². The van der Waals surface area contributed by atoms with Gasteiger partial charge in [-0.1, -0.05) is 42.5 Å². The minimum absolute atomic E-state index is 0.190. The van der Waals surface area contributed by atoms with Crippen molar-refractivity contribution in [3.63, 3.8) is 0 Å². The molecule has 3 nitrogen and oxygen atoms in total. The van der Waals surface area contributed by atoms with Gasteiger partial charge in [0.1, 0.15) is 0 Å². The first-order valence-electron chi connectivity index (χ1n) is 5.33. The maximum atomic E-state index is 10.8. The fraction of sp³-hybridized carbons (Fsp3) is 0.0714. The first-order chi connectivity index (χ1) is 8.16. The summed E-state index contributed by atoms with van der Waals surface area (Å²) < 4.78 is 0. The van der Waals surface area contributed by atoms with E-state index in [2.05, 4.69) is 0 Å². The molecule has 3 N–H and O–H groups in total. The lowest BCUT2D eigenvalue weighted by molar-refractivity contribution is -0.132. The zero-order chi connectivity index (χ0) is 12.3. The van der Waals surface area contributed by atoms with Crippen molar-refractivity contribution in [2.24, 2.45) is 5.73 Å². The number of hydrogen-bond donors (Lipinski definition) is 2. The van der Waals surface area contributed by atoms with Crippen LogP contribution >= 0.6 is 0 Å². The maximum Gasteiger partial charge on any atom is 0.337 e. The molecule has 3 heteroatoms. The lowest BCUT2D eigenvalue weighted by atomic mass is 9.98. The van der Waals surface area contributed by atoms with Crippen molar-refractivity contribution in [3.05, 3.63) is 64.9 Å². The van der Waals surface area contributed by atoms with Gasteiger partial charge in [0.15, 0.2) is 0 Å². The van der Waals surface area contributed by atoms with Crippen molar-refractivity contribution in [3.8, 4) is 0 Å². The number of rotatable bonds is 2. The summed E-state index contributed by atoms with van der Waals surface area (Å²) in [7, 11) is 0. The first-order valence-corrected chi connectivity index (χ1v) is 5.33. The van der Waals surface area contributed by atoms with Crippen LogP contribution in [-0.4, -0.2) is 11.1 Å². The second kappa shape index (κ2) is 4.70. The van der Waals surface area contributed by atoms with Crippen molar-refractivity contribution < 1.29 is 9.90 Å². The SMILES string of the molecule is NC1=CC(=Cc2ccccc2)CC=C1C(=O)O. The van der Waals surface area contributed by atoms with Gasteiger partial charge >= 0.3 is 5.97 Å². The summed E-state index contributed by atoms with van der Waals surface area (Å²) in [5, 5.41) is 8.88. The molecule has 1 aliphatic rings. The molecule has 0 atom stereocenters. The van der Waals surface area contributed by atoms with Crippen molar-refractivity contribution in [2.45, 2.75) is 6.42 Å². The Morgan fingerprint density at radius 3 is 2.59 bits per heavy atom. The predicted octanol–water partition coefficient (Wildman–Crippen LogP) is 2.33. The van der Waals surface area contributed by atoms with Crippen LogP contribution in [0.4, 0.5) is 0 Å². The summed E-state index contributed by atoms with van der Waals surface area (Å²) in [6.07, 6.45) is 5.96. The smallest absolute Gasteiger partial charge is 0.337 e. The molecule has 1 aliphatic carbocycles. The topological polar surface area (TPSA) is 63.3 Å². The minimum Gasteiger partial charge on any atom is -0.478 e. The molecule has 0 aliphatic heterocycles. The third kappa shape index (κ3) is 2.64. The van der Waals surface area contributed by atoms with Crippen LogP contribution in [0.25, 0.3) is 6.08 Å². The van der Waals surface area contributed by atoms with Gasteiger partial charge in [-0.05, 0) is 23.6 Å². The Morgan fingerprint density at radius 1 is 1.29 bits per heavy atom. The van der Waals surface area contributed by atoms with Crippen LogP contribution in [0.1, 0.15) is 12.0 Å². The number of aliphatic carboxylic acids is 1. The molecule has 86 valence electrons. The molecule has 0 saturated carbocycles. The highest BCUT2D eigenvalue weighted by Gasteiger charge is 2.14. The Kier molecular flexibility index (Phi) is 3.10. The quantitative estimate of drug-likeness (QED) is 0.815. The Morgan fingerprint density at radius 2 is 2.00 bits per heavy atom. The normalized spacial score (nSPS) is 17.5. The molecule has 0 unspecified atom stereocenters. The summed E-state index contributed by atoms with van der Waals surface area (Å²) in [4.78, 5) is 10.8. The van der Waals surface area contributed by atoms with Gasteiger partial charge in [0.25, 0.3) is 0 Å². The Balaban J connectivity index is 2.24. The molecular formula is C14H13NO2. The summed E-state index contributed by atoms with van der Waals surface area (Å²) in [6.45, 7) is 0. The van der Waals surface area contributed by atoms with E-state index in [4.69, 9.17) is 10.8 Å². The Hall–Kier alpha value is -2.29. The third-order valence-corrected chi connectivity index (χ3v) is 2.58. The predicted molar refractivity (Wildman–Crippen MR) is 67.0 cm³/mol. The number of carbonyl (C=O) groups is 1. The molecule has 0 spiro atoms. The van der Waals surface area contributed by atoms with Crippen molar-refractivity contribution >= 4 is 12.0 Å². The Labute approximate surface area is 99.6 Å². The van der Waals surface area contributed by atoms with Gasteiger partial charge in [0.05, 0.1) is 5.57 Å². The molecule has 0 aromatic heterocycles. The highest BCUT2D eigenvalue weighted by molar-refractivity contribution is 5.92. The van der Waals surface area contributed by atoms with Crippen molar-refractivity contribution in [1.29, 1.82) is 0 Å². The standard InChI is InChI=1S/C14H13NO2/c15-13-9-11(6-7-12(13)14(16)17)8-10-4-2-1-3-5-10/h1-5,7-9H,6,15H2,(H,16,17). The molecule has 0 fully saturated rings. The van der Waals surface area contributed by atoms with E-state index in [9.17, 15) is 4.79 Å². The number of allylic oxidation sites excluding steroid dienone is 3. The fourth-order valence-electron chi connectivity index (χ4n) is 1.75. The van der Waals surface area contributed by atoms with Crippen molar-refractivity contribution in [1.82, 2.24) is 0 Å². The molecule has 2 rings (SSSR count). The van der Waals surface area contributed by atoms with Gasteiger partial charge < -0.3 is 10.8 Å². The lowest BCUT2D eigenvalue weighted by Crippen LogP contribution is -2.13. The third-order valence-electron chi connectivity index (χ3n) is 2.58. The van der Waals surface area contributed by atoms with E-state index in [0.717, 1.165) is 11.1 Å². The molecule has 1 aromatic rings. The fourth-order valence-corrected chi connectivity index (χ4v) is 1.75. The molecule has 0 radical (unpaired) electrons. The largest absolute Gasteiger partial charge is 0.478 e. The van der Waals surface area contributed by atoms with Gasteiger partial charge in [-0.15, -0.1) is 0 Å². The number of hydrogen-bond acceptors (Lipinski definition) is 2. The monoisotopic (exact) mass is 227 g/mol. The molecule has 0 amide bonds. The van der Waals surface area contributed by atoms with Crippen LogP contribution in [-0.2, 0) is 4.79 Å². The highest BCUT2D eigenvalue weighted by Crippen LogP contribution is 2.21. The number of nitrogens with two attached hydrogens (primary N) is 1. The average Bonchev–Trinajstić information content (AvgIpc) is 2.30. The zero-order valence-corrected chi connectivity index (χ0v) is 9.26. The molecule has 0 heterocycles. The molecule has 17 heavy (non-hydrogen) atoms. The summed E-state index contributed by atoms with van der Waals surface area (Å²) in [5.41, 5.74) is 8.29. The van der Waals surface area contributed by atoms with E-state index in [1.165, 1.54) is 0 Å².